The standard InChI is InChI=1S/C9H14N4OS/c1-6(15-2)3-12-9(14)7-4-11-5-8(10)13-7/h4-6H,3H2,1-2H3,(H2,10,13)(H,12,14). The molecule has 82 valence electrons. The van der Waals surface area contributed by atoms with Crippen LogP contribution in [0.15, 0.2) is 12.4 Å². The van der Waals surface area contributed by atoms with Gasteiger partial charge in [0, 0.05) is 11.8 Å². The molecule has 15 heavy (non-hydrogen) atoms. The van der Waals surface area contributed by atoms with Crippen LogP contribution in [0.1, 0.15) is 17.4 Å². The molecule has 0 saturated heterocycles. The van der Waals surface area contributed by atoms with Gasteiger partial charge in [-0.05, 0) is 6.26 Å². The lowest BCUT2D eigenvalue weighted by atomic mass is 10.4. The zero-order chi connectivity index (χ0) is 11.3. The zero-order valence-corrected chi connectivity index (χ0v) is 9.54. The Kier molecular flexibility index (Phi) is 4.36. The van der Waals surface area contributed by atoms with E-state index >= 15 is 0 Å². The minimum absolute atomic E-state index is 0.240. The molecule has 1 amide bonds. The number of nitrogens with one attached hydrogen (secondary N) is 1. The maximum Gasteiger partial charge on any atom is 0.271 e. The van der Waals surface area contributed by atoms with Crippen molar-refractivity contribution in [2.75, 3.05) is 18.5 Å². The first-order valence-electron chi connectivity index (χ1n) is 4.52. The normalized spacial score (nSPS) is 12.1. The molecule has 0 aliphatic rings. The summed E-state index contributed by atoms with van der Waals surface area (Å²) in [6.45, 7) is 2.65. The quantitative estimate of drug-likeness (QED) is 0.783. The molecule has 0 aliphatic heterocycles. The summed E-state index contributed by atoms with van der Waals surface area (Å²) >= 11 is 1.69. The molecule has 0 radical (unpaired) electrons. The lowest BCUT2D eigenvalue weighted by Crippen LogP contribution is -2.30. The van der Waals surface area contributed by atoms with E-state index in [2.05, 4.69) is 15.3 Å². The number of rotatable bonds is 4. The van der Waals surface area contributed by atoms with E-state index in [0.717, 1.165) is 0 Å². The Bertz CT molecular complexity index is 345. The molecule has 1 unspecified atom stereocenters. The van der Waals surface area contributed by atoms with Crippen LogP contribution in [0.5, 0.6) is 0 Å². The van der Waals surface area contributed by atoms with Crippen molar-refractivity contribution in [2.45, 2.75) is 12.2 Å². The van der Waals surface area contributed by atoms with Gasteiger partial charge >= 0.3 is 0 Å². The van der Waals surface area contributed by atoms with E-state index in [1.165, 1.54) is 12.4 Å². The van der Waals surface area contributed by atoms with Gasteiger partial charge in [-0.15, -0.1) is 0 Å². The number of nitrogens with two attached hydrogens (primary N) is 1. The van der Waals surface area contributed by atoms with Crippen LogP contribution in [0.3, 0.4) is 0 Å². The number of carbonyl (C=O) groups excluding carboxylic acids is 1. The molecule has 0 spiro atoms. The predicted octanol–water partition coefficient (Wildman–Crippen LogP) is 0.540. The van der Waals surface area contributed by atoms with Crippen LogP contribution in [-0.4, -0.2) is 33.9 Å². The fourth-order valence-electron chi connectivity index (χ4n) is 0.901. The Hall–Kier alpha value is -1.30. The second kappa shape index (κ2) is 5.55. The molecule has 1 aromatic heterocycles. The Morgan fingerprint density at radius 3 is 3.00 bits per heavy atom. The van der Waals surface area contributed by atoms with Crippen molar-refractivity contribution in [2.24, 2.45) is 0 Å². The summed E-state index contributed by atoms with van der Waals surface area (Å²) in [7, 11) is 0. The largest absolute Gasteiger partial charge is 0.382 e. The van der Waals surface area contributed by atoms with Gasteiger partial charge in [0.15, 0.2) is 0 Å². The molecule has 0 fully saturated rings. The van der Waals surface area contributed by atoms with E-state index in [9.17, 15) is 4.79 Å². The highest BCUT2D eigenvalue weighted by molar-refractivity contribution is 7.99. The predicted molar refractivity (Wildman–Crippen MR) is 61.8 cm³/mol. The zero-order valence-electron chi connectivity index (χ0n) is 8.73. The van der Waals surface area contributed by atoms with Crippen molar-refractivity contribution in [1.29, 1.82) is 0 Å². The van der Waals surface area contributed by atoms with Gasteiger partial charge in [-0.3, -0.25) is 9.78 Å². The molecule has 5 nitrogen and oxygen atoms in total. The molecule has 0 aromatic carbocycles. The molecule has 1 rings (SSSR count). The van der Waals surface area contributed by atoms with E-state index in [-0.39, 0.29) is 17.4 Å². The number of thioether (sulfide) groups is 1. The number of amides is 1. The monoisotopic (exact) mass is 226 g/mol. The minimum atomic E-state index is -0.240. The third-order valence-corrected chi connectivity index (χ3v) is 2.81. The summed E-state index contributed by atoms with van der Waals surface area (Å²) in [6.07, 6.45) is 4.80. The number of hydrogen-bond donors (Lipinski definition) is 2. The van der Waals surface area contributed by atoms with Crippen molar-refractivity contribution in [3.8, 4) is 0 Å². The van der Waals surface area contributed by atoms with Crippen LogP contribution in [0.2, 0.25) is 0 Å². The number of anilines is 1. The second-order valence-corrected chi connectivity index (χ2v) is 4.36. The fraction of sp³-hybridized carbons (Fsp3) is 0.444. The molecule has 0 aliphatic carbocycles. The summed E-state index contributed by atoms with van der Waals surface area (Å²) < 4.78 is 0. The van der Waals surface area contributed by atoms with Crippen molar-refractivity contribution in [3.63, 3.8) is 0 Å². The third kappa shape index (κ3) is 3.75. The van der Waals surface area contributed by atoms with E-state index < -0.39 is 0 Å². The third-order valence-electron chi connectivity index (χ3n) is 1.84. The summed E-state index contributed by atoms with van der Waals surface area (Å²) in [5.74, 6) is 0.0104. The van der Waals surface area contributed by atoms with Gasteiger partial charge < -0.3 is 11.1 Å². The maximum absolute atomic E-state index is 11.5. The van der Waals surface area contributed by atoms with Crippen LogP contribution in [0.4, 0.5) is 5.82 Å². The van der Waals surface area contributed by atoms with Crippen molar-refractivity contribution in [3.05, 3.63) is 18.1 Å². The highest BCUT2D eigenvalue weighted by Gasteiger charge is 2.08. The first-order valence-corrected chi connectivity index (χ1v) is 5.80. The molecular formula is C9H14N4OS. The lowest BCUT2D eigenvalue weighted by molar-refractivity contribution is 0.0949. The maximum atomic E-state index is 11.5. The van der Waals surface area contributed by atoms with Crippen LogP contribution in [0.25, 0.3) is 0 Å². The second-order valence-electron chi connectivity index (χ2n) is 3.09. The van der Waals surface area contributed by atoms with Crippen LogP contribution >= 0.6 is 11.8 Å². The number of carbonyl (C=O) groups is 1. The van der Waals surface area contributed by atoms with Gasteiger partial charge in [0.05, 0.1) is 12.4 Å². The molecule has 3 N–H and O–H groups in total. The smallest absolute Gasteiger partial charge is 0.271 e. The summed E-state index contributed by atoms with van der Waals surface area (Å²) in [6, 6.07) is 0. The Morgan fingerprint density at radius 1 is 1.67 bits per heavy atom. The van der Waals surface area contributed by atoms with Crippen molar-refractivity contribution >= 4 is 23.5 Å². The van der Waals surface area contributed by atoms with Crippen molar-refractivity contribution in [1.82, 2.24) is 15.3 Å². The Morgan fingerprint density at radius 2 is 2.40 bits per heavy atom. The van der Waals surface area contributed by atoms with Gasteiger partial charge in [0.1, 0.15) is 11.5 Å². The van der Waals surface area contributed by atoms with Gasteiger partial charge in [-0.25, -0.2) is 4.98 Å². The SMILES string of the molecule is CSC(C)CNC(=O)c1cncc(N)n1. The van der Waals surface area contributed by atoms with E-state index in [1.54, 1.807) is 11.8 Å². The van der Waals surface area contributed by atoms with E-state index in [4.69, 9.17) is 5.73 Å². The average Bonchev–Trinajstić information content (AvgIpc) is 2.25. The van der Waals surface area contributed by atoms with E-state index in [1.807, 2.05) is 13.2 Å². The molecule has 0 bridgehead atoms. The lowest BCUT2D eigenvalue weighted by Gasteiger charge is -2.09. The minimum Gasteiger partial charge on any atom is -0.382 e. The van der Waals surface area contributed by atoms with Crippen LogP contribution < -0.4 is 11.1 Å². The summed E-state index contributed by atoms with van der Waals surface area (Å²) in [4.78, 5) is 19.2. The highest BCUT2D eigenvalue weighted by Crippen LogP contribution is 2.03. The van der Waals surface area contributed by atoms with Crippen LogP contribution in [0, 0.1) is 0 Å². The van der Waals surface area contributed by atoms with Crippen molar-refractivity contribution < 1.29 is 4.79 Å². The number of aromatic nitrogens is 2. The molecule has 0 saturated carbocycles. The first-order chi connectivity index (χ1) is 7.13. The first kappa shape index (κ1) is 11.8. The number of hydrogen-bond acceptors (Lipinski definition) is 5. The molecule has 1 heterocycles. The molecule has 6 heteroatoms. The van der Waals surface area contributed by atoms with Gasteiger partial charge in [-0.1, -0.05) is 6.92 Å². The summed E-state index contributed by atoms with van der Waals surface area (Å²) in [5, 5.41) is 3.14. The topological polar surface area (TPSA) is 80.9 Å². The van der Waals surface area contributed by atoms with E-state index in [0.29, 0.717) is 11.8 Å². The van der Waals surface area contributed by atoms with Crippen LogP contribution in [-0.2, 0) is 0 Å². The molecular weight excluding hydrogens is 212 g/mol. The highest BCUT2D eigenvalue weighted by atomic mass is 32.2. The molecule has 1 aromatic rings. The van der Waals surface area contributed by atoms with Gasteiger partial charge in [0.2, 0.25) is 0 Å². The number of nitrogens with zero attached hydrogens (tertiary/aromatic N) is 2. The molecule has 1 atom stereocenters. The fourth-order valence-corrected chi connectivity index (χ4v) is 1.15. The van der Waals surface area contributed by atoms with Gasteiger partial charge in [0.25, 0.3) is 5.91 Å². The Labute approximate surface area is 92.9 Å². The number of nitrogen functional groups attached to an aromatic ring is 1. The van der Waals surface area contributed by atoms with Gasteiger partial charge in [-0.2, -0.15) is 11.8 Å². The summed E-state index contributed by atoms with van der Waals surface area (Å²) in [5.41, 5.74) is 5.67. The Balaban J connectivity index is 2.54. The average molecular weight is 226 g/mol.